The van der Waals surface area contributed by atoms with E-state index in [1.165, 1.54) is 4.31 Å². The van der Waals surface area contributed by atoms with Crippen LogP contribution in [0.25, 0.3) is 0 Å². The van der Waals surface area contributed by atoms with Crippen molar-refractivity contribution in [3.8, 4) is 0 Å². The predicted octanol–water partition coefficient (Wildman–Crippen LogP) is 1.74. The van der Waals surface area contributed by atoms with Crippen LogP contribution < -0.4 is 5.32 Å². The highest BCUT2D eigenvalue weighted by Gasteiger charge is 2.30. The summed E-state index contributed by atoms with van der Waals surface area (Å²) >= 11 is 0. The fourth-order valence-electron chi connectivity index (χ4n) is 3.05. The third-order valence-corrected chi connectivity index (χ3v) is 6.84. The number of hydrogen-bond acceptors (Lipinski definition) is 4. The van der Waals surface area contributed by atoms with Gasteiger partial charge in [0.2, 0.25) is 10.0 Å². The lowest BCUT2D eigenvalue weighted by molar-refractivity contribution is 0.167. The molecule has 1 N–H and O–H groups in total. The van der Waals surface area contributed by atoms with Gasteiger partial charge < -0.3 is 15.1 Å². The Kier molecular flexibility index (Phi) is 7.64. The number of carbonyl (C=O) groups excluding carboxylic acids is 1. The first-order valence-corrected chi connectivity index (χ1v) is 10.9. The quantitative estimate of drug-likeness (QED) is 0.762. The highest BCUT2D eigenvalue weighted by molar-refractivity contribution is 7.89. The molecule has 1 fully saturated rings. The molecule has 8 heteroatoms. The van der Waals surface area contributed by atoms with Gasteiger partial charge in [-0.15, -0.1) is 0 Å². The van der Waals surface area contributed by atoms with E-state index in [2.05, 4.69) is 17.1 Å². The molecule has 1 heterocycles. The van der Waals surface area contributed by atoms with E-state index in [9.17, 15) is 13.2 Å². The SMILES string of the molecule is CCC(CCN(C)C)NC(=O)N1CCN(S(=O)(=O)c2ccc(C)cc2)CC1. The fraction of sp³-hybridized carbons (Fsp3) is 0.632. The Bertz CT molecular complexity index is 711. The first kappa shape index (κ1) is 21.7. The maximum atomic E-state index is 12.8. The normalized spacial score (nSPS) is 17.1. The van der Waals surface area contributed by atoms with Gasteiger partial charge in [0, 0.05) is 32.2 Å². The molecule has 1 unspecified atom stereocenters. The summed E-state index contributed by atoms with van der Waals surface area (Å²) in [5, 5.41) is 3.08. The Labute approximate surface area is 163 Å². The van der Waals surface area contributed by atoms with Crippen molar-refractivity contribution in [2.75, 3.05) is 46.8 Å². The number of sulfonamides is 1. The molecule has 152 valence electrons. The fourth-order valence-corrected chi connectivity index (χ4v) is 4.47. The van der Waals surface area contributed by atoms with Crippen LogP contribution in [0, 0.1) is 6.92 Å². The minimum atomic E-state index is -3.50. The van der Waals surface area contributed by atoms with Gasteiger partial charge in [0.1, 0.15) is 0 Å². The number of benzene rings is 1. The third kappa shape index (κ3) is 5.92. The average Bonchev–Trinajstić information content (AvgIpc) is 2.65. The second-order valence-electron chi connectivity index (χ2n) is 7.35. The van der Waals surface area contributed by atoms with E-state index < -0.39 is 10.0 Å². The zero-order valence-electron chi connectivity index (χ0n) is 16.8. The third-order valence-electron chi connectivity index (χ3n) is 4.93. The number of nitrogens with zero attached hydrogens (tertiary/aromatic N) is 3. The number of amides is 2. The van der Waals surface area contributed by atoms with Crippen molar-refractivity contribution in [2.24, 2.45) is 0 Å². The van der Waals surface area contributed by atoms with Gasteiger partial charge in [-0.05, 0) is 52.5 Å². The second kappa shape index (κ2) is 9.52. The molecule has 7 nitrogen and oxygen atoms in total. The van der Waals surface area contributed by atoms with Gasteiger partial charge in [0.15, 0.2) is 0 Å². The van der Waals surface area contributed by atoms with E-state index in [0.717, 1.165) is 24.9 Å². The smallest absolute Gasteiger partial charge is 0.317 e. The molecule has 0 spiro atoms. The van der Waals surface area contributed by atoms with Crippen molar-refractivity contribution < 1.29 is 13.2 Å². The van der Waals surface area contributed by atoms with Crippen molar-refractivity contribution in [2.45, 2.75) is 37.6 Å². The molecule has 0 radical (unpaired) electrons. The van der Waals surface area contributed by atoms with Crippen molar-refractivity contribution in [3.05, 3.63) is 29.8 Å². The second-order valence-corrected chi connectivity index (χ2v) is 9.29. The molecule has 1 aliphatic rings. The van der Waals surface area contributed by atoms with Gasteiger partial charge in [0.05, 0.1) is 4.90 Å². The van der Waals surface area contributed by atoms with Gasteiger partial charge in [-0.25, -0.2) is 13.2 Å². The molecule has 0 bridgehead atoms. The van der Waals surface area contributed by atoms with E-state index in [1.807, 2.05) is 21.0 Å². The monoisotopic (exact) mass is 396 g/mol. The molecular weight excluding hydrogens is 364 g/mol. The molecule has 1 aromatic rings. The van der Waals surface area contributed by atoms with Crippen molar-refractivity contribution in [1.29, 1.82) is 0 Å². The van der Waals surface area contributed by atoms with Crippen LogP contribution >= 0.6 is 0 Å². The highest BCUT2D eigenvalue weighted by atomic mass is 32.2. The molecule has 0 aliphatic carbocycles. The van der Waals surface area contributed by atoms with Crippen LogP contribution in [0.3, 0.4) is 0 Å². The van der Waals surface area contributed by atoms with Crippen LogP contribution in [0.1, 0.15) is 25.3 Å². The lowest BCUT2D eigenvalue weighted by atomic mass is 10.1. The van der Waals surface area contributed by atoms with E-state index in [4.69, 9.17) is 0 Å². The van der Waals surface area contributed by atoms with E-state index in [-0.39, 0.29) is 12.1 Å². The predicted molar refractivity (Wildman–Crippen MR) is 107 cm³/mol. The number of carbonyl (C=O) groups is 1. The molecular formula is C19H32N4O3S. The molecule has 2 rings (SSSR count). The summed E-state index contributed by atoms with van der Waals surface area (Å²) in [6.07, 6.45) is 1.78. The summed E-state index contributed by atoms with van der Waals surface area (Å²) in [4.78, 5) is 16.6. The summed E-state index contributed by atoms with van der Waals surface area (Å²) in [6.45, 7) is 6.35. The van der Waals surface area contributed by atoms with E-state index in [1.54, 1.807) is 29.2 Å². The van der Waals surface area contributed by atoms with E-state index in [0.29, 0.717) is 31.1 Å². The van der Waals surface area contributed by atoms with Crippen LogP contribution in [0.4, 0.5) is 4.79 Å². The van der Waals surface area contributed by atoms with Crippen LogP contribution in [0.5, 0.6) is 0 Å². The Morgan fingerprint density at radius 2 is 1.74 bits per heavy atom. The number of hydrogen-bond donors (Lipinski definition) is 1. The number of nitrogens with one attached hydrogen (secondary N) is 1. The standard InChI is InChI=1S/C19H32N4O3S/c1-5-17(10-11-21(3)4)20-19(24)22-12-14-23(15-13-22)27(25,26)18-8-6-16(2)7-9-18/h6-9,17H,5,10-15H2,1-4H3,(H,20,24). The van der Waals surface area contributed by atoms with Crippen LogP contribution in [-0.4, -0.2) is 81.4 Å². The topological polar surface area (TPSA) is 73.0 Å². The van der Waals surface area contributed by atoms with Gasteiger partial charge in [-0.3, -0.25) is 0 Å². The molecule has 0 aromatic heterocycles. The highest BCUT2D eigenvalue weighted by Crippen LogP contribution is 2.18. The van der Waals surface area contributed by atoms with Crippen molar-refractivity contribution >= 4 is 16.1 Å². The molecule has 0 saturated carbocycles. The molecule has 1 saturated heterocycles. The Morgan fingerprint density at radius 1 is 1.15 bits per heavy atom. The minimum Gasteiger partial charge on any atom is -0.335 e. The van der Waals surface area contributed by atoms with Crippen LogP contribution in [0.2, 0.25) is 0 Å². The number of urea groups is 1. The summed E-state index contributed by atoms with van der Waals surface area (Å²) < 4.78 is 27.0. The van der Waals surface area contributed by atoms with Gasteiger partial charge in [-0.1, -0.05) is 24.6 Å². The molecule has 2 amide bonds. The largest absolute Gasteiger partial charge is 0.335 e. The number of rotatable bonds is 7. The lowest BCUT2D eigenvalue weighted by Gasteiger charge is -2.35. The zero-order chi connectivity index (χ0) is 20.0. The molecule has 1 aliphatic heterocycles. The van der Waals surface area contributed by atoms with Crippen LogP contribution in [-0.2, 0) is 10.0 Å². The van der Waals surface area contributed by atoms with Crippen molar-refractivity contribution in [1.82, 2.24) is 19.4 Å². The first-order valence-electron chi connectivity index (χ1n) is 9.51. The van der Waals surface area contributed by atoms with Gasteiger partial charge >= 0.3 is 6.03 Å². The summed E-state index contributed by atoms with van der Waals surface area (Å²) in [5.41, 5.74) is 1.02. The number of aryl methyl sites for hydroxylation is 1. The Balaban J connectivity index is 1.90. The lowest BCUT2D eigenvalue weighted by Crippen LogP contribution is -2.54. The molecule has 27 heavy (non-hydrogen) atoms. The van der Waals surface area contributed by atoms with Crippen LogP contribution in [0.15, 0.2) is 29.2 Å². The molecule has 1 atom stereocenters. The zero-order valence-corrected chi connectivity index (χ0v) is 17.6. The minimum absolute atomic E-state index is 0.104. The summed E-state index contributed by atoms with van der Waals surface area (Å²) in [6, 6.07) is 6.91. The average molecular weight is 397 g/mol. The maximum Gasteiger partial charge on any atom is 0.317 e. The Morgan fingerprint density at radius 3 is 2.26 bits per heavy atom. The summed E-state index contributed by atoms with van der Waals surface area (Å²) in [7, 11) is 0.528. The Hall–Kier alpha value is -1.64. The van der Waals surface area contributed by atoms with E-state index >= 15 is 0 Å². The van der Waals surface area contributed by atoms with Gasteiger partial charge in [-0.2, -0.15) is 4.31 Å². The molecule has 1 aromatic carbocycles. The summed E-state index contributed by atoms with van der Waals surface area (Å²) in [5.74, 6) is 0. The van der Waals surface area contributed by atoms with Gasteiger partial charge in [0.25, 0.3) is 0 Å². The maximum absolute atomic E-state index is 12.8. The number of piperazine rings is 1. The first-order chi connectivity index (χ1) is 12.7. The van der Waals surface area contributed by atoms with Crippen molar-refractivity contribution in [3.63, 3.8) is 0 Å².